The zero-order chi connectivity index (χ0) is 13.5. The predicted octanol–water partition coefficient (Wildman–Crippen LogP) is 3.90. The van der Waals surface area contributed by atoms with Crippen molar-refractivity contribution in [2.24, 2.45) is 0 Å². The van der Waals surface area contributed by atoms with Crippen molar-refractivity contribution in [1.82, 2.24) is 0 Å². The molecule has 2 nitrogen and oxygen atoms in total. The Morgan fingerprint density at radius 2 is 1.94 bits per heavy atom. The highest BCUT2D eigenvalue weighted by Gasteiger charge is 2.46. The second-order valence-corrected chi connectivity index (χ2v) is 4.45. The Labute approximate surface area is 110 Å². The molecule has 96 valence electrons. The van der Waals surface area contributed by atoms with E-state index in [1.807, 2.05) is 0 Å². The number of rotatable bonds is 1. The van der Waals surface area contributed by atoms with E-state index in [1.54, 1.807) is 0 Å². The summed E-state index contributed by atoms with van der Waals surface area (Å²) in [6, 6.07) is 2.65. The molecule has 0 unspecified atom stereocenters. The van der Waals surface area contributed by atoms with E-state index in [9.17, 15) is 18.0 Å². The van der Waals surface area contributed by atoms with Crippen molar-refractivity contribution in [3.63, 3.8) is 0 Å². The lowest BCUT2D eigenvalue weighted by Gasteiger charge is -2.27. The summed E-state index contributed by atoms with van der Waals surface area (Å²) in [4.78, 5) is 10.7. The normalized spacial score (nSPS) is 18.7. The number of benzene rings is 1. The van der Waals surface area contributed by atoms with Gasteiger partial charge < -0.3 is 4.74 Å². The molecule has 1 atom stereocenters. The molecule has 1 aromatic carbocycles. The molecular weight excluding hydrogens is 292 g/mol. The van der Waals surface area contributed by atoms with Crippen LogP contribution in [0, 0.1) is 0 Å². The van der Waals surface area contributed by atoms with Crippen LogP contribution in [0.1, 0.15) is 5.56 Å². The predicted molar refractivity (Wildman–Crippen MR) is 61.0 cm³/mol. The number of carbonyl (C=O) groups is 1. The second kappa shape index (κ2) is 4.48. The number of ether oxygens (including phenoxy) is 1. The van der Waals surface area contributed by atoms with Crippen LogP contribution in [0.2, 0.25) is 10.0 Å². The van der Waals surface area contributed by atoms with Crippen molar-refractivity contribution >= 4 is 35.6 Å². The first kappa shape index (κ1) is 13.2. The van der Waals surface area contributed by atoms with E-state index >= 15 is 0 Å². The number of fused-ring (bicyclic) bond motifs is 1. The molecule has 0 N–H and O–H groups in total. The minimum absolute atomic E-state index is 0.0343. The van der Waals surface area contributed by atoms with Crippen LogP contribution < -0.4 is 4.74 Å². The number of hydrogen-bond donors (Lipinski definition) is 0. The highest BCUT2D eigenvalue weighted by atomic mass is 35.5. The summed E-state index contributed by atoms with van der Waals surface area (Å²) < 4.78 is 42.8. The Balaban J connectivity index is 2.57. The molecule has 18 heavy (non-hydrogen) atoms. The monoisotopic (exact) mass is 296 g/mol. The summed E-state index contributed by atoms with van der Waals surface area (Å²) in [6.45, 7) is 0. The molecule has 1 heterocycles. The van der Waals surface area contributed by atoms with Gasteiger partial charge in [-0.3, -0.25) is 4.79 Å². The van der Waals surface area contributed by atoms with Crippen molar-refractivity contribution in [2.45, 2.75) is 12.3 Å². The fourth-order valence-electron chi connectivity index (χ4n) is 1.60. The molecule has 0 spiro atoms. The average Bonchev–Trinajstić information content (AvgIpc) is 2.25. The lowest BCUT2D eigenvalue weighted by Crippen LogP contribution is -2.38. The quantitative estimate of drug-likeness (QED) is 0.735. The van der Waals surface area contributed by atoms with E-state index in [-0.39, 0.29) is 27.6 Å². The summed E-state index contributed by atoms with van der Waals surface area (Å²) in [6.07, 6.45) is -5.81. The largest absolute Gasteiger partial charge is 0.474 e. The third-order valence-electron chi connectivity index (χ3n) is 2.33. The Morgan fingerprint density at radius 3 is 2.50 bits per heavy atom. The molecule has 1 aliphatic rings. The fraction of sp³-hybridized carbons (Fsp3) is 0.182. The first-order valence-electron chi connectivity index (χ1n) is 4.72. The molecule has 0 amide bonds. The molecular formula is C11H5Cl2F3O2. The third kappa shape index (κ3) is 2.33. The van der Waals surface area contributed by atoms with Gasteiger partial charge in [-0.1, -0.05) is 23.2 Å². The highest BCUT2D eigenvalue weighted by Crippen LogP contribution is 2.41. The summed E-state index contributed by atoms with van der Waals surface area (Å²) in [5, 5.41) is 0.210. The molecule has 0 saturated heterocycles. The molecule has 0 bridgehead atoms. The molecule has 1 aliphatic heterocycles. The maximum atomic E-state index is 12.7. The van der Waals surface area contributed by atoms with Crippen molar-refractivity contribution < 1.29 is 22.7 Å². The maximum absolute atomic E-state index is 12.7. The van der Waals surface area contributed by atoms with Crippen molar-refractivity contribution in [2.75, 3.05) is 0 Å². The van der Waals surface area contributed by atoms with Gasteiger partial charge in [0.2, 0.25) is 6.10 Å². The number of alkyl halides is 3. The average molecular weight is 297 g/mol. The van der Waals surface area contributed by atoms with Gasteiger partial charge >= 0.3 is 6.18 Å². The molecule has 0 aromatic heterocycles. The zero-order valence-electron chi connectivity index (χ0n) is 8.59. The van der Waals surface area contributed by atoms with Crippen LogP contribution in [0.5, 0.6) is 5.75 Å². The van der Waals surface area contributed by atoms with Gasteiger partial charge in [0, 0.05) is 16.2 Å². The molecule has 0 radical (unpaired) electrons. The smallest absolute Gasteiger partial charge is 0.429 e. The van der Waals surface area contributed by atoms with E-state index in [1.165, 1.54) is 12.1 Å². The minimum Gasteiger partial charge on any atom is -0.474 e. The lowest BCUT2D eigenvalue weighted by atomic mass is 10.0. The van der Waals surface area contributed by atoms with Crippen LogP contribution in [0.15, 0.2) is 17.7 Å². The van der Waals surface area contributed by atoms with Crippen LogP contribution in [0.25, 0.3) is 6.08 Å². The number of hydrogen-bond acceptors (Lipinski definition) is 2. The highest BCUT2D eigenvalue weighted by molar-refractivity contribution is 6.36. The molecule has 0 aliphatic carbocycles. The summed E-state index contributed by atoms with van der Waals surface area (Å²) in [5.41, 5.74) is -0.275. The van der Waals surface area contributed by atoms with Crippen LogP contribution >= 0.6 is 23.2 Å². The number of halogens is 5. The second-order valence-electron chi connectivity index (χ2n) is 3.61. The van der Waals surface area contributed by atoms with Crippen LogP contribution in [0.3, 0.4) is 0 Å². The fourth-order valence-corrected chi connectivity index (χ4v) is 2.16. The van der Waals surface area contributed by atoms with Crippen LogP contribution in [-0.2, 0) is 4.79 Å². The Kier molecular flexibility index (Phi) is 3.29. The zero-order valence-corrected chi connectivity index (χ0v) is 10.1. The molecule has 2 rings (SSSR count). The molecule has 0 fully saturated rings. The first-order chi connectivity index (χ1) is 8.32. The van der Waals surface area contributed by atoms with E-state index in [4.69, 9.17) is 27.9 Å². The van der Waals surface area contributed by atoms with E-state index < -0.39 is 17.9 Å². The van der Waals surface area contributed by atoms with Crippen molar-refractivity contribution in [1.29, 1.82) is 0 Å². The first-order valence-corrected chi connectivity index (χ1v) is 5.47. The van der Waals surface area contributed by atoms with Gasteiger partial charge in [-0.25, -0.2) is 0 Å². The van der Waals surface area contributed by atoms with E-state index in [2.05, 4.69) is 0 Å². The topological polar surface area (TPSA) is 26.3 Å². The Hall–Kier alpha value is -1.20. The van der Waals surface area contributed by atoms with Gasteiger partial charge in [0.05, 0.1) is 5.02 Å². The number of carbonyl (C=O) groups excluding carboxylic acids is 1. The van der Waals surface area contributed by atoms with Gasteiger partial charge in [-0.05, 0) is 18.2 Å². The summed E-state index contributed by atoms with van der Waals surface area (Å²) >= 11 is 11.5. The third-order valence-corrected chi connectivity index (χ3v) is 2.83. The van der Waals surface area contributed by atoms with Gasteiger partial charge in [-0.2, -0.15) is 13.2 Å². The standard InChI is InChI=1S/C11H5Cl2F3O2/c12-7-2-5-1-6(4-17)10(11(14,15)16)18-9(5)8(13)3-7/h1-4,10H/t10-/m0/s1. The number of aldehydes is 1. The Bertz CT molecular complexity index is 538. The van der Waals surface area contributed by atoms with Crippen molar-refractivity contribution in [3.05, 3.63) is 33.3 Å². The summed E-state index contributed by atoms with van der Waals surface area (Å²) in [5.74, 6) is -0.131. The van der Waals surface area contributed by atoms with E-state index in [0.717, 1.165) is 6.08 Å². The van der Waals surface area contributed by atoms with Crippen molar-refractivity contribution in [3.8, 4) is 5.75 Å². The molecule has 7 heteroatoms. The Morgan fingerprint density at radius 1 is 1.28 bits per heavy atom. The van der Waals surface area contributed by atoms with Crippen LogP contribution in [0.4, 0.5) is 13.2 Å². The molecule has 1 aromatic rings. The van der Waals surface area contributed by atoms with Crippen LogP contribution in [-0.4, -0.2) is 18.6 Å². The SMILES string of the molecule is O=CC1=Cc2cc(Cl)cc(Cl)c2O[C@@H]1C(F)(F)F. The van der Waals surface area contributed by atoms with Gasteiger partial charge in [-0.15, -0.1) is 0 Å². The van der Waals surface area contributed by atoms with Gasteiger partial charge in [0.15, 0.2) is 0 Å². The molecule has 0 saturated carbocycles. The summed E-state index contributed by atoms with van der Waals surface area (Å²) in [7, 11) is 0. The van der Waals surface area contributed by atoms with Gasteiger partial charge in [0.25, 0.3) is 0 Å². The minimum atomic E-state index is -4.69. The lowest BCUT2D eigenvalue weighted by molar-refractivity contribution is -0.184. The van der Waals surface area contributed by atoms with Gasteiger partial charge in [0.1, 0.15) is 12.0 Å². The van der Waals surface area contributed by atoms with E-state index in [0.29, 0.717) is 0 Å². The maximum Gasteiger partial charge on any atom is 0.429 e.